The second kappa shape index (κ2) is 2.77. The van der Waals surface area contributed by atoms with Crippen molar-refractivity contribution >= 4 is 0 Å². The smallest absolute Gasteiger partial charge is 0.124 e. The van der Waals surface area contributed by atoms with E-state index < -0.39 is 5.60 Å². The number of hydrogen-bond acceptors (Lipinski definition) is 2. The summed E-state index contributed by atoms with van der Waals surface area (Å²) in [7, 11) is 0. The van der Waals surface area contributed by atoms with Crippen LogP contribution in [-0.4, -0.2) is 17.3 Å². The summed E-state index contributed by atoms with van der Waals surface area (Å²) in [5.74, 6) is 1.26. The summed E-state index contributed by atoms with van der Waals surface area (Å²) in [6.45, 7) is 2.65. The molecule has 1 fully saturated rings. The molecule has 1 heterocycles. The van der Waals surface area contributed by atoms with E-state index >= 15 is 0 Å². The fourth-order valence-corrected chi connectivity index (χ4v) is 1.76. The lowest BCUT2D eigenvalue weighted by Crippen LogP contribution is -2.32. The topological polar surface area (TPSA) is 29.5 Å². The predicted octanol–water partition coefficient (Wildman–Crippen LogP) is 1.84. The lowest BCUT2D eigenvalue weighted by atomic mass is 9.96. The van der Waals surface area contributed by atoms with Crippen LogP contribution in [0.3, 0.4) is 0 Å². The van der Waals surface area contributed by atoms with Crippen molar-refractivity contribution in [2.24, 2.45) is 5.92 Å². The largest absolute Gasteiger partial charge is 0.495 e. The summed E-state index contributed by atoms with van der Waals surface area (Å²) >= 11 is 0. The van der Waals surface area contributed by atoms with E-state index in [1.807, 2.05) is 13.0 Å². The molecule has 68 valence electrons. The standard InChI is InChI=1S/C10H16O2/c1-10(11,8-5-6-8)9-4-2-3-7-12-9/h4,8,11H,2-3,5-7H2,1H3. The van der Waals surface area contributed by atoms with Crippen LogP contribution in [0.2, 0.25) is 0 Å². The van der Waals surface area contributed by atoms with Gasteiger partial charge in [0.2, 0.25) is 0 Å². The van der Waals surface area contributed by atoms with Gasteiger partial charge in [-0.2, -0.15) is 0 Å². The van der Waals surface area contributed by atoms with Gasteiger partial charge in [0.05, 0.1) is 6.61 Å². The maximum absolute atomic E-state index is 10.1. The molecule has 2 nitrogen and oxygen atoms in total. The molecule has 0 saturated heterocycles. The summed E-state index contributed by atoms with van der Waals surface area (Å²) in [6.07, 6.45) is 6.48. The third-order valence-corrected chi connectivity index (χ3v) is 2.81. The van der Waals surface area contributed by atoms with Crippen molar-refractivity contribution in [3.63, 3.8) is 0 Å². The Balaban J connectivity index is 2.09. The van der Waals surface area contributed by atoms with Crippen LogP contribution in [-0.2, 0) is 4.74 Å². The van der Waals surface area contributed by atoms with Crippen molar-refractivity contribution in [1.82, 2.24) is 0 Å². The normalized spacial score (nSPS) is 28.7. The molecule has 1 saturated carbocycles. The number of rotatable bonds is 2. The molecule has 1 unspecified atom stereocenters. The molecular weight excluding hydrogens is 152 g/mol. The molecule has 2 aliphatic rings. The highest BCUT2D eigenvalue weighted by molar-refractivity contribution is 5.15. The van der Waals surface area contributed by atoms with Crippen molar-refractivity contribution < 1.29 is 9.84 Å². The fourth-order valence-electron chi connectivity index (χ4n) is 1.76. The van der Waals surface area contributed by atoms with E-state index in [-0.39, 0.29) is 0 Å². The van der Waals surface area contributed by atoms with Gasteiger partial charge in [-0.15, -0.1) is 0 Å². The van der Waals surface area contributed by atoms with Crippen LogP contribution in [0.4, 0.5) is 0 Å². The van der Waals surface area contributed by atoms with E-state index in [0.717, 1.165) is 38.0 Å². The lowest BCUT2D eigenvalue weighted by molar-refractivity contribution is 0.00170. The van der Waals surface area contributed by atoms with Crippen molar-refractivity contribution in [3.8, 4) is 0 Å². The molecule has 0 aromatic rings. The first-order chi connectivity index (χ1) is 5.71. The molecule has 12 heavy (non-hydrogen) atoms. The van der Waals surface area contributed by atoms with Crippen LogP contribution in [0.25, 0.3) is 0 Å². The zero-order valence-electron chi connectivity index (χ0n) is 7.55. The highest BCUT2D eigenvalue weighted by Crippen LogP contribution is 2.44. The van der Waals surface area contributed by atoms with Gasteiger partial charge in [0.25, 0.3) is 0 Å². The highest BCUT2D eigenvalue weighted by Gasteiger charge is 2.44. The van der Waals surface area contributed by atoms with Crippen molar-refractivity contribution in [3.05, 3.63) is 11.8 Å². The lowest BCUT2D eigenvalue weighted by Gasteiger charge is -2.28. The minimum absolute atomic E-state index is 0.446. The predicted molar refractivity (Wildman–Crippen MR) is 46.6 cm³/mol. The maximum atomic E-state index is 10.1. The molecule has 2 heteroatoms. The van der Waals surface area contributed by atoms with E-state index in [2.05, 4.69) is 0 Å². The van der Waals surface area contributed by atoms with Crippen LogP contribution in [0, 0.1) is 5.92 Å². The summed E-state index contributed by atoms with van der Waals surface area (Å²) in [4.78, 5) is 0. The SMILES string of the molecule is CC(O)(C1=CCCCO1)C1CC1. The summed E-state index contributed by atoms with van der Waals surface area (Å²) in [5, 5.41) is 10.1. The van der Waals surface area contributed by atoms with Crippen molar-refractivity contribution in [2.45, 2.75) is 38.2 Å². The number of aliphatic hydroxyl groups is 1. The van der Waals surface area contributed by atoms with E-state index in [9.17, 15) is 5.11 Å². The minimum Gasteiger partial charge on any atom is -0.495 e. The molecule has 2 rings (SSSR count). The Hall–Kier alpha value is -0.500. The Morgan fingerprint density at radius 1 is 1.58 bits per heavy atom. The number of hydrogen-bond donors (Lipinski definition) is 1. The minimum atomic E-state index is -0.680. The van der Waals surface area contributed by atoms with Crippen LogP contribution in [0.1, 0.15) is 32.6 Å². The van der Waals surface area contributed by atoms with Gasteiger partial charge in [-0.05, 0) is 44.6 Å². The van der Waals surface area contributed by atoms with E-state index in [1.54, 1.807) is 0 Å². The molecule has 0 amide bonds. The van der Waals surface area contributed by atoms with Gasteiger partial charge >= 0.3 is 0 Å². The molecule has 1 atom stereocenters. The van der Waals surface area contributed by atoms with Crippen LogP contribution < -0.4 is 0 Å². The fraction of sp³-hybridized carbons (Fsp3) is 0.800. The first-order valence-corrected chi connectivity index (χ1v) is 4.77. The first kappa shape index (κ1) is 8.11. The van der Waals surface area contributed by atoms with Gasteiger partial charge < -0.3 is 9.84 Å². The van der Waals surface area contributed by atoms with Gasteiger partial charge in [-0.1, -0.05) is 0 Å². The number of allylic oxidation sites excluding steroid dienone is 1. The summed E-state index contributed by atoms with van der Waals surface area (Å²) < 4.78 is 5.46. The van der Waals surface area contributed by atoms with Crippen LogP contribution in [0.15, 0.2) is 11.8 Å². The van der Waals surface area contributed by atoms with Gasteiger partial charge in [-0.3, -0.25) is 0 Å². The molecule has 1 N–H and O–H groups in total. The van der Waals surface area contributed by atoms with Gasteiger partial charge in [0.1, 0.15) is 11.4 Å². The van der Waals surface area contributed by atoms with E-state index in [1.165, 1.54) is 0 Å². The molecule has 0 aromatic heterocycles. The summed E-state index contributed by atoms with van der Waals surface area (Å²) in [6, 6.07) is 0. The second-order valence-electron chi connectivity index (χ2n) is 3.98. The van der Waals surface area contributed by atoms with E-state index in [0.29, 0.717) is 5.92 Å². The molecule has 0 bridgehead atoms. The van der Waals surface area contributed by atoms with Gasteiger partial charge in [0, 0.05) is 0 Å². The average Bonchev–Trinajstić information content (AvgIpc) is 2.88. The maximum Gasteiger partial charge on any atom is 0.124 e. The Morgan fingerprint density at radius 3 is 2.83 bits per heavy atom. The molecule has 0 radical (unpaired) electrons. The third-order valence-electron chi connectivity index (χ3n) is 2.81. The molecular formula is C10H16O2. The Morgan fingerprint density at radius 2 is 2.33 bits per heavy atom. The van der Waals surface area contributed by atoms with Gasteiger partial charge in [-0.25, -0.2) is 0 Å². The summed E-state index contributed by atoms with van der Waals surface area (Å²) in [5.41, 5.74) is -0.680. The number of ether oxygens (including phenoxy) is 1. The second-order valence-corrected chi connectivity index (χ2v) is 3.98. The van der Waals surface area contributed by atoms with E-state index in [4.69, 9.17) is 4.74 Å². The van der Waals surface area contributed by atoms with Crippen LogP contribution in [0.5, 0.6) is 0 Å². The monoisotopic (exact) mass is 168 g/mol. The zero-order valence-corrected chi connectivity index (χ0v) is 7.55. The Labute approximate surface area is 73.2 Å². The highest BCUT2D eigenvalue weighted by atomic mass is 16.5. The van der Waals surface area contributed by atoms with Gasteiger partial charge in [0.15, 0.2) is 0 Å². The van der Waals surface area contributed by atoms with Crippen LogP contribution >= 0.6 is 0 Å². The molecule has 1 aliphatic heterocycles. The third kappa shape index (κ3) is 1.36. The first-order valence-electron chi connectivity index (χ1n) is 4.77. The average molecular weight is 168 g/mol. The zero-order chi connectivity index (χ0) is 8.60. The molecule has 1 aliphatic carbocycles. The van der Waals surface area contributed by atoms with Crippen molar-refractivity contribution in [1.29, 1.82) is 0 Å². The Bertz CT molecular complexity index is 202. The van der Waals surface area contributed by atoms with Crippen molar-refractivity contribution in [2.75, 3.05) is 6.61 Å². The molecule has 0 spiro atoms. The molecule has 0 aromatic carbocycles. The quantitative estimate of drug-likeness (QED) is 0.681. The Kier molecular flexibility index (Phi) is 1.87.